The van der Waals surface area contributed by atoms with Crippen molar-refractivity contribution < 1.29 is 14.3 Å². The number of fused-ring (bicyclic) bond motifs is 1. The second-order valence-electron chi connectivity index (χ2n) is 5.27. The van der Waals surface area contributed by atoms with Gasteiger partial charge in [-0.15, -0.1) is 6.58 Å². The van der Waals surface area contributed by atoms with E-state index in [1.807, 2.05) is 24.3 Å². The minimum Gasteiger partial charge on any atom is -0.465 e. The number of carbonyl (C=O) groups excluding carboxylic acids is 2. The van der Waals surface area contributed by atoms with Crippen LogP contribution in [0.1, 0.15) is 31.7 Å². The maximum atomic E-state index is 12.6. The van der Waals surface area contributed by atoms with Crippen molar-refractivity contribution in [3.63, 3.8) is 0 Å². The van der Waals surface area contributed by atoms with Gasteiger partial charge in [-0.25, -0.2) is 0 Å². The lowest BCUT2D eigenvalue weighted by atomic mass is 9.74. The number of ether oxygens (including phenoxy) is 1. The van der Waals surface area contributed by atoms with Gasteiger partial charge in [0.15, 0.2) is 0 Å². The summed E-state index contributed by atoms with van der Waals surface area (Å²) in [6.45, 7) is 5.89. The van der Waals surface area contributed by atoms with Crippen LogP contribution in [0.2, 0.25) is 0 Å². The molecule has 1 aromatic carbocycles. The Labute approximate surface area is 125 Å². The van der Waals surface area contributed by atoms with Crippen molar-refractivity contribution in [3.05, 3.63) is 42.5 Å². The van der Waals surface area contributed by atoms with Gasteiger partial charge in [-0.1, -0.05) is 24.3 Å². The first-order valence-corrected chi connectivity index (χ1v) is 7.21. The van der Waals surface area contributed by atoms with E-state index in [4.69, 9.17) is 4.74 Å². The van der Waals surface area contributed by atoms with E-state index in [-0.39, 0.29) is 11.9 Å². The maximum Gasteiger partial charge on any atom is 0.316 e. The number of carbonyl (C=O) groups is 2. The molecule has 1 heterocycles. The van der Waals surface area contributed by atoms with E-state index in [1.54, 1.807) is 24.9 Å². The zero-order chi connectivity index (χ0) is 15.5. The van der Waals surface area contributed by atoms with Crippen LogP contribution in [0.15, 0.2) is 36.9 Å². The van der Waals surface area contributed by atoms with Gasteiger partial charge in [0.1, 0.15) is 0 Å². The molecule has 21 heavy (non-hydrogen) atoms. The Hall–Kier alpha value is -2.10. The van der Waals surface area contributed by atoms with E-state index < -0.39 is 5.41 Å². The normalized spacial score (nSPS) is 21.4. The molecule has 1 aromatic rings. The third-order valence-corrected chi connectivity index (χ3v) is 4.08. The number of amides is 1. The molecule has 4 nitrogen and oxygen atoms in total. The summed E-state index contributed by atoms with van der Waals surface area (Å²) in [5.41, 5.74) is 0.793. The molecule has 1 amide bonds. The highest BCUT2D eigenvalue weighted by Crippen LogP contribution is 2.42. The Balaban J connectivity index is 2.63. The zero-order valence-corrected chi connectivity index (χ0v) is 12.6. The van der Waals surface area contributed by atoms with Crippen molar-refractivity contribution in [3.8, 4) is 0 Å². The highest BCUT2D eigenvalue weighted by atomic mass is 16.5. The van der Waals surface area contributed by atoms with Crippen molar-refractivity contribution in [2.45, 2.75) is 31.6 Å². The standard InChI is InChI=1S/C17H21NO3/c1-4-11-17(16(20)21-5-2)12-10-15(19)18(3)14-9-7-6-8-13(14)17/h4,6-9H,1,5,10-12H2,2-3H3. The Morgan fingerprint density at radius 3 is 2.86 bits per heavy atom. The highest BCUT2D eigenvalue weighted by molar-refractivity contribution is 5.98. The predicted molar refractivity (Wildman–Crippen MR) is 82.2 cm³/mol. The number of benzene rings is 1. The van der Waals surface area contributed by atoms with Crippen LogP contribution in [0.5, 0.6) is 0 Å². The Kier molecular flexibility index (Phi) is 4.46. The van der Waals surface area contributed by atoms with Crippen LogP contribution in [0, 0.1) is 0 Å². The fourth-order valence-electron chi connectivity index (χ4n) is 2.95. The average Bonchev–Trinajstić information content (AvgIpc) is 2.60. The van der Waals surface area contributed by atoms with Crippen molar-refractivity contribution in [1.82, 2.24) is 0 Å². The van der Waals surface area contributed by atoms with Crippen LogP contribution in [0.3, 0.4) is 0 Å². The number of nitrogens with zero attached hydrogens (tertiary/aromatic N) is 1. The molecule has 0 aliphatic carbocycles. The molecule has 2 rings (SSSR count). The Morgan fingerprint density at radius 1 is 1.48 bits per heavy atom. The lowest BCUT2D eigenvalue weighted by Gasteiger charge is -2.31. The highest BCUT2D eigenvalue weighted by Gasteiger charge is 2.45. The van der Waals surface area contributed by atoms with E-state index in [9.17, 15) is 9.59 Å². The lowest BCUT2D eigenvalue weighted by molar-refractivity contribution is -0.150. The van der Waals surface area contributed by atoms with Crippen molar-refractivity contribution in [2.75, 3.05) is 18.6 Å². The van der Waals surface area contributed by atoms with Crippen LogP contribution in [-0.4, -0.2) is 25.5 Å². The number of rotatable bonds is 4. The largest absolute Gasteiger partial charge is 0.465 e. The quantitative estimate of drug-likeness (QED) is 0.632. The summed E-state index contributed by atoms with van der Waals surface area (Å²) in [5, 5.41) is 0. The van der Waals surface area contributed by atoms with E-state index in [2.05, 4.69) is 6.58 Å². The van der Waals surface area contributed by atoms with Gasteiger partial charge in [-0.2, -0.15) is 0 Å². The van der Waals surface area contributed by atoms with E-state index >= 15 is 0 Å². The van der Waals surface area contributed by atoms with E-state index in [0.717, 1.165) is 11.3 Å². The van der Waals surface area contributed by atoms with E-state index in [0.29, 0.717) is 25.9 Å². The summed E-state index contributed by atoms with van der Waals surface area (Å²) >= 11 is 0. The first-order valence-electron chi connectivity index (χ1n) is 7.21. The van der Waals surface area contributed by atoms with Gasteiger partial charge >= 0.3 is 5.97 Å². The Morgan fingerprint density at radius 2 is 2.19 bits per heavy atom. The molecule has 0 bridgehead atoms. The molecule has 0 fully saturated rings. The van der Waals surface area contributed by atoms with Crippen LogP contribution >= 0.6 is 0 Å². The molecular weight excluding hydrogens is 266 g/mol. The van der Waals surface area contributed by atoms with Crippen molar-refractivity contribution in [1.29, 1.82) is 0 Å². The zero-order valence-electron chi connectivity index (χ0n) is 12.6. The maximum absolute atomic E-state index is 12.6. The average molecular weight is 287 g/mol. The molecule has 0 saturated carbocycles. The molecule has 1 unspecified atom stereocenters. The van der Waals surface area contributed by atoms with Gasteiger partial charge < -0.3 is 9.64 Å². The molecule has 0 radical (unpaired) electrons. The van der Waals surface area contributed by atoms with Crippen LogP contribution in [0.25, 0.3) is 0 Å². The second kappa shape index (κ2) is 6.12. The Bertz CT molecular complexity index is 567. The summed E-state index contributed by atoms with van der Waals surface area (Å²) in [7, 11) is 1.75. The molecular formula is C17H21NO3. The van der Waals surface area contributed by atoms with Gasteiger partial charge in [0.25, 0.3) is 0 Å². The SMILES string of the molecule is C=CCC1(C(=O)OCC)CCC(=O)N(C)c2ccccc21. The second-order valence-corrected chi connectivity index (χ2v) is 5.27. The minimum atomic E-state index is -0.825. The number of hydrogen-bond acceptors (Lipinski definition) is 3. The van der Waals surface area contributed by atoms with Gasteiger partial charge in [0, 0.05) is 19.2 Å². The van der Waals surface area contributed by atoms with Crippen molar-refractivity contribution in [2.24, 2.45) is 0 Å². The van der Waals surface area contributed by atoms with Gasteiger partial charge in [-0.3, -0.25) is 9.59 Å². The number of allylic oxidation sites excluding steroid dienone is 1. The minimum absolute atomic E-state index is 0.0117. The molecule has 4 heteroatoms. The molecule has 1 aliphatic rings. The topological polar surface area (TPSA) is 46.6 Å². The molecule has 0 aromatic heterocycles. The number of esters is 1. The number of hydrogen-bond donors (Lipinski definition) is 0. The van der Waals surface area contributed by atoms with Crippen LogP contribution in [0.4, 0.5) is 5.69 Å². The predicted octanol–water partition coefficient (Wildman–Crippen LogP) is 2.82. The molecule has 112 valence electrons. The first kappa shape index (κ1) is 15.3. The smallest absolute Gasteiger partial charge is 0.316 e. The summed E-state index contributed by atoms with van der Waals surface area (Å²) in [6, 6.07) is 7.54. The van der Waals surface area contributed by atoms with Crippen LogP contribution < -0.4 is 4.90 Å². The lowest BCUT2D eigenvalue weighted by Crippen LogP contribution is -2.37. The summed E-state index contributed by atoms with van der Waals surface area (Å²) in [4.78, 5) is 26.5. The van der Waals surface area contributed by atoms with Gasteiger partial charge in [-0.05, 0) is 31.4 Å². The molecule has 1 aliphatic heterocycles. The summed E-state index contributed by atoms with van der Waals surface area (Å²) < 4.78 is 5.30. The van der Waals surface area contributed by atoms with Gasteiger partial charge in [0.05, 0.1) is 12.0 Å². The first-order chi connectivity index (χ1) is 10.1. The third-order valence-electron chi connectivity index (χ3n) is 4.08. The third kappa shape index (κ3) is 2.58. The molecule has 0 N–H and O–H groups in total. The fourth-order valence-corrected chi connectivity index (χ4v) is 2.95. The van der Waals surface area contributed by atoms with Crippen molar-refractivity contribution >= 4 is 17.6 Å². The summed E-state index contributed by atoms with van der Waals surface area (Å²) in [6.07, 6.45) is 2.95. The van der Waals surface area contributed by atoms with Gasteiger partial charge in [0.2, 0.25) is 5.91 Å². The number of anilines is 1. The van der Waals surface area contributed by atoms with E-state index in [1.165, 1.54) is 0 Å². The summed E-state index contributed by atoms with van der Waals surface area (Å²) in [5.74, 6) is -0.266. The fraction of sp³-hybridized carbons (Fsp3) is 0.412. The molecule has 1 atom stereocenters. The number of para-hydroxylation sites is 1. The van der Waals surface area contributed by atoms with Crippen LogP contribution in [-0.2, 0) is 19.7 Å². The monoisotopic (exact) mass is 287 g/mol. The molecule has 0 saturated heterocycles. The molecule has 0 spiro atoms.